The number of halogens is 1. The molecule has 1 aliphatic rings. The van der Waals surface area contributed by atoms with Crippen molar-refractivity contribution >= 4 is 23.2 Å². The maximum absolute atomic E-state index is 13.3. The molecule has 1 aromatic carbocycles. The van der Waals surface area contributed by atoms with E-state index in [1.807, 2.05) is 12.1 Å². The maximum Gasteiger partial charge on any atom is 0.254 e. The van der Waals surface area contributed by atoms with Gasteiger partial charge in [-0.25, -0.2) is 9.37 Å². The Labute approximate surface area is 203 Å². The number of piperidine rings is 1. The van der Waals surface area contributed by atoms with Crippen molar-refractivity contribution in [3.63, 3.8) is 0 Å². The number of hydrogen-bond donors (Lipinski definition) is 3. The van der Waals surface area contributed by atoms with E-state index in [2.05, 4.69) is 26.4 Å². The lowest BCUT2D eigenvalue weighted by molar-refractivity contribution is 0.0738. The van der Waals surface area contributed by atoms with Crippen LogP contribution < -0.4 is 16.0 Å². The molecule has 1 amide bonds. The first kappa shape index (κ1) is 24.2. The number of rotatable bonds is 7. The Balaban J connectivity index is 1.60. The van der Waals surface area contributed by atoms with Crippen LogP contribution in [0.1, 0.15) is 49.2 Å². The molecule has 1 fully saturated rings. The van der Waals surface area contributed by atoms with Crippen LogP contribution in [0.5, 0.6) is 0 Å². The summed E-state index contributed by atoms with van der Waals surface area (Å²) in [6, 6.07) is 13.5. The average molecular weight is 478 g/mol. The topological polar surface area (TPSA) is 133 Å². The lowest BCUT2D eigenvalue weighted by Crippen LogP contribution is -2.46. The molecule has 3 heterocycles. The van der Waals surface area contributed by atoms with E-state index in [1.165, 1.54) is 24.3 Å². The van der Waals surface area contributed by atoms with E-state index in [-0.39, 0.29) is 23.6 Å². The van der Waals surface area contributed by atoms with Crippen LogP contribution in [0.2, 0.25) is 0 Å². The third-order valence-electron chi connectivity index (χ3n) is 6.36. The molecule has 0 bridgehead atoms. The first-order valence-electron chi connectivity index (χ1n) is 11.4. The van der Waals surface area contributed by atoms with E-state index in [0.717, 1.165) is 5.82 Å². The summed E-state index contributed by atoms with van der Waals surface area (Å²) in [5.74, 6) is -0.0212. The van der Waals surface area contributed by atoms with Gasteiger partial charge in [0.2, 0.25) is 0 Å². The van der Waals surface area contributed by atoms with Gasteiger partial charge in [0, 0.05) is 25.0 Å². The fourth-order valence-electron chi connectivity index (χ4n) is 4.29. The molecule has 1 saturated heterocycles. The van der Waals surface area contributed by atoms with E-state index in [0.29, 0.717) is 37.3 Å². The number of nitriles is 1. The highest BCUT2D eigenvalue weighted by Gasteiger charge is 2.38. The Bertz CT molecular complexity index is 1250. The number of pyridine rings is 1. The summed E-state index contributed by atoms with van der Waals surface area (Å²) < 4.78 is 14.9. The van der Waals surface area contributed by atoms with Gasteiger partial charge in [0.15, 0.2) is 5.82 Å². The van der Waals surface area contributed by atoms with Crippen molar-refractivity contribution in [3.8, 4) is 6.07 Å². The number of primary amides is 1. The highest BCUT2D eigenvalue weighted by molar-refractivity contribution is 5.98. The van der Waals surface area contributed by atoms with E-state index in [4.69, 9.17) is 5.73 Å². The minimum atomic E-state index is -1.05. The molecule has 9 nitrogen and oxygen atoms in total. The van der Waals surface area contributed by atoms with Crippen LogP contribution >= 0.6 is 0 Å². The molecule has 0 saturated carbocycles. The van der Waals surface area contributed by atoms with Crippen LogP contribution in [0.3, 0.4) is 0 Å². The van der Waals surface area contributed by atoms with Crippen molar-refractivity contribution in [1.29, 1.82) is 5.26 Å². The number of anilines is 3. The SMILES string of the molecule is CC(C)(O)c1cccc(N2CCC(CC#N)(n3cc(C(N)=O)c(Nc4ccc(F)cc4)n3)CC2)n1. The van der Waals surface area contributed by atoms with E-state index >= 15 is 0 Å². The lowest BCUT2D eigenvalue weighted by Gasteiger charge is -2.41. The second-order valence-electron chi connectivity index (χ2n) is 9.32. The Morgan fingerprint density at radius 3 is 2.54 bits per heavy atom. The van der Waals surface area contributed by atoms with Gasteiger partial charge < -0.3 is 21.1 Å². The molecular formula is C25H28FN7O2. The van der Waals surface area contributed by atoms with Crippen molar-refractivity contribution in [1.82, 2.24) is 14.8 Å². The summed E-state index contributed by atoms with van der Waals surface area (Å²) in [6.07, 6.45) is 2.96. The second kappa shape index (κ2) is 9.35. The highest BCUT2D eigenvalue weighted by Crippen LogP contribution is 2.36. The quantitative estimate of drug-likeness (QED) is 0.475. The number of nitrogens with two attached hydrogens (primary N) is 1. The first-order valence-corrected chi connectivity index (χ1v) is 11.4. The number of nitrogens with one attached hydrogen (secondary N) is 1. The van der Waals surface area contributed by atoms with Crippen molar-refractivity contribution < 1.29 is 14.3 Å². The Hall–Kier alpha value is -3.97. The largest absolute Gasteiger partial charge is 0.384 e. The fraction of sp³-hybridized carbons (Fsp3) is 0.360. The monoisotopic (exact) mass is 477 g/mol. The standard InChI is InChI=1S/C25H28FN7O2/c1-24(2,35)20-4-3-5-21(30-20)32-14-11-25(10-13-27,12-15-32)33-16-19(22(28)34)23(31-33)29-18-8-6-17(26)7-9-18/h3-9,16,35H,10-12,14-15H2,1-2H3,(H2,28,34)(H,29,31). The number of aliphatic hydroxyl groups is 1. The van der Waals surface area contributed by atoms with Crippen LogP contribution in [0.25, 0.3) is 0 Å². The van der Waals surface area contributed by atoms with Gasteiger partial charge >= 0.3 is 0 Å². The number of hydrogen-bond acceptors (Lipinski definition) is 7. The summed E-state index contributed by atoms with van der Waals surface area (Å²) in [5, 5.41) is 27.6. The molecule has 0 atom stereocenters. The number of amides is 1. The van der Waals surface area contributed by atoms with Crippen LogP contribution in [0.15, 0.2) is 48.7 Å². The van der Waals surface area contributed by atoms with Gasteiger partial charge in [0.1, 0.15) is 22.8 Å². The van der Waals surface area contributed by atoms with Gasteiger partial charge in [0.25, 0.3) is 5.91 Å². The molecule has 0 radical (unpaired) electrons. The molecule has 4 N–H and O–H groups in total. The van der Waals surface area contributed by atoms with Gasteiger partial charge in [-0.1, -0.05) is 6.07 Å². The molecule has 0 aliphatic carbocycles. The molecule has 3 aromatic rings. The minimum Gasteiger partial charge on any atom is -0.384 e. The zero-order chi connectivity index (χ0) is 25.2. The van der Waals surface area contributed by atoms with Crippen LogP contribution in [-0.4, -0.2) is 38.9 Å². The van der Waals surface area contributed by atoms with Crippen LogP contribution in [-0.2, 0) is 11.1 Å². The summed E-state index contributed by atoms with van der Waals surface area (Å²) in [7, 11) is 0. The molecule has 2 aromatic heterocycles. The van der Waals surface area contributed by atoms with Gasteiger partial charge in [-0.2, -0.15) is 10.4 Å². The van der Waals surface area contributed by atoms with Crippen molar-refractivity contribution in [3.05, 3.63) is 65.7 Å². The number of aromatic nitrogens is 3. The summed E-state index contributed by atoms with van der Waals surface area (Å²) in [6.45, 7) is 4.60. The van der Waals surface area contributed by atoms with Crippen molar-refractivity contribution in [2.75, 3.05) is 23.3 Å². The third-order valence-corrected chi connectivity index (χ3v) is 6.36. The predicted octanol–water partition coefficient (Wildman–Crippen LogP) is 3.40. The van der Waals surface area contributed by atoms with Gasteiger partial charge in [-0.05, 0) is 63.1 Å². The molecule has 1 aliphatic heterocycles. The zero-order valence-electron chi connectivity index (χ0n) is 19.7. The van der Waals surface area contributed by atoms with E-state index in [9.17, 15) is 19.6 Å². The molecule has 182 valence electrons. The maximum atomic E-state index is 13.3. The first-order chi connectivity index (χ1) is 16.6. The van der Waals surface area contributed by atoms with Crippen LogP contribution in [0, 0.1) is 17.1 Å². The normalized spacial score (nSPS) is 15.5. The number of carbonyl (C=O) groups excluding carboxylic acids is 1. The highest BCUT2D eigenvalue weighted by atomic mass is 19.1. The average Bonchev–Trinajstić information content (AvgIpc) is 3.26. The van der Waals surface area contributed by atoms with Gasteiger partial charge in [-0.15, -0.1) is 0 Å². The van der Waals surface area contributed by atoms with Crippen molar-refractivity contribution in [2.45, 2.75) is 44.2 Å². The Morgan fingerprint density at radius 2 is 1.94 bits per heavy atom. The van der Waals surface area contributed by atoms with Crippen LogP contribution in [0.4, 0.5) is 21.7 Å². The Morgan fingerprint density at radius 1 is 1.26 bits per heavy atom. The second-order valence-corrected chi connectivity index (χ2v) is 9.32. The minimum absolute atomic E-state index is 0.189. The van der Waals surface area contributed by atoms with Gasteiger partial charge in [-0.3, -0.25) is 9.48 Å². The molecule has 35 heavy (non-hydrogen) atoms. The molecular weight excluding hydrogens is 449 g/mol. The number of nitrogens with zero attached hydrogens (tertiary/aromatic N) is 5. The summed E-state index contributed by atoms with van der Waals surface area (Å²) in [5.41, 5.74) is 5.25. The zero-order valence-corrected chi connectivity index (χ0v) is 19.7. The number of carbonyl (C=O) groups is 1. The lowest BCUT2D eigenvalue weighted by atomic mass is 9.85. The van der Waals surface area contributed by atoms with E-state index in [1.54, 1.807) is 30.8 Å². The molecule has 0 unspecified atom stereocenters. The summed E-state index contributed by atoms with van der Waals surface area (Å²) >= 11 is 0. The van der Waals surface area contributed by atoms with Gasteiger partial charge in [0.05, 0.1) is 23.7 Å². The molecule has 10 heteroatoms. The smallest absolute Gasteiger partial charge is 0.254 e. The third kappa shape index (κ3) is 5.10. The van der Waals surface area contributed by atoms with E-state index < -0.39 is 17.0 Å². The summed E-state index contributed by atoms with van der Waals surface area (Å²) in [4.78, 5) is 18.9. The van der Waals surface area contributed by atoms with Crippen molar-refractivity contribution in [2.24, 2.45) is 5.73 Å². The molecule has 0 spiro atoms. The molecule has 4 rings (SSSR count). The Kier molecular flexibility index (Phi) is 6.45. The number of benzene rings is 1. The predicted molar refractivity (Wildman–Crippen MR) is 130 cm³/mol. The fourth-order valence-corrected chi connectivity index (χ4v) is 4.29.